The number of carboxylic acid groups (broad SMARTS) is 1. The standard InChI is InChI=1S/C16H24N2O4/c1-12(14(19)17-8-4-2-5-9-17)13(16(21)22)15(20)18-10-6-3-7-11-18/h2-11H2,1H3,(H,21,22)/b13-12-. The third-order valence-corrected chi connectivity index (χ3v) is 4.41. The fourth-order valence-electron chi connectivity index (χ4n) is 3.11. The molecule has 2 aliphatic heterocycles. The lowest BCUT2D eigenvalue weighted by Crippen LogP contribution is -2.41. The van der Waals surface area contributed by atoms with Gasteiger partial charge in [-0.05, 0) is 45.4 Å². The average Bonchev–Trinajstić information content (AvgIpc) is 2.55. The highest BCUT2D eigenvalue weighted by molar-refractivity contribution is 6.20. The van der Waals surface area contributed by atoms with Crippen LogP contribution in [0.1, 0.15) is 45.4 Å². The van der Waals surface area contributed by atoms with Gasteiger partial charge >= 0.3 is 5.97 Å². The zero-order valence-electron chi connectivity index (χ0n) is 13.1. The van der Waals surface area contributed by atoms with E-state index in [1.165, 1.54) is 6.92 Å². The predicted octanol–water partition coefficient (Wildman–Crippen LogP) is 1.41. The minimum Gasteiger partial charge on any atom is -0.477 e. The van der Waals surface area contributed by atoms with E-state index in [1.54, 1.807) is 9.80 Å². The number of hydrogen-bond donors (Lipinski definition) is 1. The highest BCUT2D eigenvalue weighted by Gasteiger charge is 2.30. The number of rotatable bonds is 3. The smallest absolute Gasteiger partial charge is 0.341 e. The molecule has 2 saturated heterocycles. The summed E-state index contributed by atoms with van der Waals surface area (Å²) in [6.07, 6.45) is 5.78. The Kier molecular flexibility index (Phi) is 5.57. The lowest BCUT2D eigenvalue weighted by Gasteiger charge is -2.29. The minimum atomic E-state index is -1.31. The Morgan fingerprint density at radius 1 is 0.727 bits per heavy atom. The van der Waals surface area contributed by atoms with E-state index in [0.29, 0.717) is 26.2 Å². The summed E-state index contributed by atoms with van der Waals surface area (Å²) < 4.78 is 0. The molecule has 2 aliphatic rings. The maximum atomic E-state index is 12.5. The van der Waals surface area contributed by atoms with Gasteiger partial charge in [0, 0.05) is 31.8 Å². The summed E-state index contributed by atoms with van der Waals surface area (Å²) in [5, 5.41) is 9.42. The Hall–Kier alpha value is -1.85. The van der Waals surface area contributed by atoms with Gasteiger partial charge in [0.15, 0.2) is 0 Å². The monoisotopic (exact) mass is 308 g/mol. The zero-order valence-corrected chi connectivity index (χ0v) is 13.1. The van der Waals surface area contributed by atoms with Gasteiger partial charge in [-0.2, -0.15) is 0 Å². The van der Waals surface area contributed by atoms with Crippen LogP contribution in [0.15, 0.2) is 11.1 Å². The van der Waals surface area contributed by atoms with Gasteiger partial charge in [-0.15, -0.1) is 0 Å². The van der Waals surface area contributed by atoms with Crippen molar-refractivity contribution in [1.82, 2.24) is 9.80 Å². The predicted molar refractivity (Wildman–Crippen MR) is 81.2 cm³/mol. The zero-order chi connectivity index (χ0) is 16.1. The molecular weight excluding hydrogens is 284 g/mol. The molecule has 2 rings (SSSR count). The van der Waals surface area contributed by atoms with Crippen LogP contribution in [0.4, 0.5) is 0 Å². The molecule has 22 heavy (non-hydrogen) atoms. The minimum absolute atomic E-state index is 0.0602. The number of hydrogen-bond acceptors (Lipinski definition) is 3. The molecule has 0 aromatic carbocycles. The van der Waals surface area contributed by atoms with Crippen molar-refractivity contribution in [2.24, 2.45) is 0 Å². The molecule has 0 unspecified atom stereocenters. The van der Waals surface area contributed by atoms with Crippen molar-refractivity contribution in [3.63, 3.8) is 0 Å². The van der Waals surface area contributed by atoms with Gasteiger partial charge in [0.05, 0.1) is 0 Å². The number of amides is 2. The van der Waals surface area contributed by atoms with Crippen LogP contribution in [0.5, 0.6) is 0 Å². The van der Waals surface area contributed by atoms with Gasteiger partial charge in [-0.1, -0.05) is 0 Å². The summed E-state index contributed by atoms with van der Waals surface area (Å²) in [6.45, 7) is 3.88. The molecule has 0 radical (unpaired) electrons. The molecule has 2 heterocycles. The number of carbonyl (C=O) groups is 3. The van der Waals surface area contributed by atoms with E-state index in [2.05, 4.69) is 0 Å². The third kappa shape index (κ3) is 3.67. The number of likely N-dealkylation sites (tertiary alicyclic amines) is 2. The fraction of sp³-hybridized carbons (Fsp3) is 0.688. The van der Waals surface area contributed by atoms with Gasteiger partial charge in [0.2, 0.25) is 0 Å². The molecule has 0 atom stereocenters. The third-order valence-electron chi connectivity index (χ3n) is 4.41. The molecule has 1 N–H and O–H groups in total. The highest BCUT2D eigenvalue weighted by atomic mass is 16.4. The largest absolute Gasteiger partial charge is 0.477 e. The Bertz CT molecular complexity index is 486. The average molecular weight is 308 g/mol. The number of carbonyl (C=O) groups excluding carboxylic acids is 2. The van der Waals surface area contributed by atoms with E-state index in [9.17, 15) is 19.5 Å². The van der Waals surface area contributed by atoms with E-state index >= 15 is 0 Å². The van der Waals surface area contributed by atoms with Crippen LogP contribution in [0.25, 0.3) is 0 Å². The van der Waals surface area contributed by atoms with Crippen molar-refractivity contribution in [3.05, 3.63) is 11.1 Å². The molecule has 0 aromatic rings. The van der Waals surface area contributed by atoms with Gasteiger partial charge in [0.25, 0.3) is 11.8 Å². The maximum absolute atomic E-state index is 12.5. The van der Waals surface area contributed by atoms with Crippen LogP contribution in [0.2, 0.25) is 0 Å². The van der Waals surface area contributed by atoms with E-state index in [1.807, 2.05) is 0 Å². The normalized spacial score (nSPS) is 20.4. The summed E-state index contributed by atoms with van der Waals surface area (Å²) >= 11 is 0. The van der Waals surface area contributed by atoms with Crippen molar-refractivity contribution in [2.45, 2.75) is 45.4 Å². The quantitative estimate of drug-likeness (QED) is 0.486. The van der Waals surface area contributed by atoms with Crippen molar-refractivity contribution < 1.29 is 19.5 Å². The molecular formula is C16H24N2O4. The van der Waals surface area contributed by atoms with E-state index < -0.39 is 11.9 Å². The topological polar surface area (TPSA) is 77.9 Å². The molecule has 6 nitrogen and oxygen atoms in total. The Balaban J connectivity index is 2.21. The van der Waals surface area contributed by atoms with Gasteiger partial charge < -0.3 is 14.9 Å². The summed E-state index contributed by atoms with van der Waals surface area (Å²) in [5.41, 5.74) is -0.303. The number of piperidine rings is 2. The van der Waals surface area contributed by atoms with E-state index in [-0.39, 0.29) is 17.1 Å². The molecule has 0 spiro atoms. The molecule has 2 fully saturated rings. The molecule has 0 aromatic heterocycles. The van der Waals surface area contributed by atoms with Crippen LogP contribution in [-0.2, 0) is 14.4 Å². The van der Waals surface area contributed by atoms with Gasteiger partial charge in [-0.25, -0.2) is 4.79 Å². The summed E-state index contributed by atoms with van der Waals surface area (Å²) in [7, 11) is 0. The fourth-order valence-corrected chi connectivity index (χ4v) is 3.11. The van der Waals surface area contributed by atoms with Crippen LogP contribution >= 0.6 is 0 Å². The summed E-state index contributed by atoms with van der Waals surface area (Å²) in [4.78, 5) is 39.7. The molecule has 0 aliphatic carbocycles. The molecule has 0 bridgehead atoms. The second-order valence-corrected chi connectivity index (χ2v) is 6.01. The maximum Gasteiger partial charge on any atom is 0.341 e. The SMILES string of the molecule is C/C(C(=O)N1CCCCC1)=C(/C(=O)O)C(=O)N1CCCCC1. The first-order valence-corrected chi connectivity index (χ1v) is 8.05. The number of nitrogens with zero attached hydrogens (tertiary/aromatic N) is 2. The highest BCUT2D eigenvalue weighted by Crippen LogP contribution is 2.18. The Morgan fingerprint density at radius 2 is 1.14 bits per heavy atom. The lowest BCUT2D eigenvalue weighted by molar-refractivity contribution is -0.139. The van der Waals surface area contributed by atoms with Crippen LogP contribution in [-0.4, -0.2) is 58.9 Å². The van der Waals surface area contributed by atoms with Gasteiger partial charge in [0.1, 0.15) is 5.57 Å². The van der Waals surface area contributed by atoms with Crippen LogP contribution in [0, 0.1) is 0 Å². The van der Waals surface area contributed by atoms with Gasteiger partial charge in [-0.3, -0.25) is 9.59 Å². The second-order valence-electron chi connectivity index (χ2n) is 6.01. The van der Waals surface area contributed by atoms with E-state index in [0.717, 1.165) is 38.5 Å². The summed E-state index contributed by atoms with van der Waals surface area (Å²) in [5.74, 6) is -2.14. The Morgan fingerprint density at radius 3 is 1.55 bits per heavy atom. The number of aliphatic carboxylic acids is 1. The molecule has 122 valence electrons. The van der Waals surface area contributed by atoms with Crippen molar-refractivity contribution in [3.8, 4) is 0 Å². The Labute approximate surface area is 130 Å². The molecule has 2 amide bonds. The lowest BCUT2D eigenvalue weighted by atomic mass is 10.0. The van der Waals surface area contributed by atoms with Crippen molar-refractivity contribution >= 4 is 17.8 Å². The molecule has 0 saturated carbocycles. The number of carboxylic acids is 1. The summed E-state index contributed by atoms with van der Waals surface area (Å²) in [6, 6.07) is 0. The van der Waals surface area contributed by atoms with Crippen LogP contribution in [0.3, 0.4) is 0 Å². The first kappa shape index (κ1) is 16.5. The first-order chi connectivity index (χ1) is 10.5. The molecule has 6 heteroatoms. The van der Waals surface area contributed by atoms with Crippen molar-refractivity contribution in [2.75, 3.05) is 26.2 Å². The van der Waals surface area contributed by atoms with E-state index in [4.69, 9.17) is 0 Å². The van der Waals surface area contributed by atoms with Crippen molar-refractivity contribution in [1.29, 1.82) is 0 Å². The van der Waals surface area contributed by atoms with Crippen LogP contribution < -0.4 is 0 Å². The first-order valence-electron chi connectivity index (χ1n) is 8.05. The second kappa shape index (κ2) is 7.42.